The van der Waals surface area contributed by atoms with Crippen molar-refractivity contribution in [1.82, 2.24) is 9.55 Å². The van der Waals surface area contributed by atoms with Crippen molar-refractivity contribution in [3.8, 4) is 17.1 Å². The topological polar surface area (TPSA) is 21.7 Å². The Hall–Kier alpha value is -2.94. The number of imidazole rings is 1. The van der Waals surface area contributed by atoms with E-state index in [4.69, 9.17) is 4.98 Å². The van der Waals surface area contributed by atoms with E-state index in [9.17, 15) is 0 Å². The van der Waals surface area contributed by atoms with Crippen LogP contribution in [0.1, 0.15) is 43.6 Å². The summed E-state index contributed by atoms with van der Waals surface area (Å²) in [6.07, 6.45) is 10.0. The minimum Gasteiger partial charge on any atom is -0.316 e. The molecule has 28 heavy (non-hydrogen) atoms. The number of hydrogen-bond acceptors (Lipinski definition) is 1. The van der Waals surface area contributed by atoms with E-state index in [1.54, 1.807) is 0 Å². The Balaban J connectivity index is 1.70. The van der Waals surface area contributed by atoms with Crippen LogP contribution < -0.4 is 4.57 Å². The molecular weight excluding hydrogens is 342 g/mol. The molecule has 0 aliphatic heterocycles. The molecule has 5 rings (SSSR count). The van der Waals surface area contributed by atoms with E-state index in [2.05, 4.69) is 77.6 Å². The van der Waals surface area contributed by atoms with Gasteiger partial charge in [0.25, 0.3) is 0 Å². The van der Waals surface area contributed by atoms with Crippen LogP contribution in [0.5, 0.6) is 0 Å². The summed E-state index contributed by atoms with van der Waals surface area (Å²) in [7, 11) is 2.04. The average molecular weight is 367 g/mol. The van der Waals surface area contributed by atoms with Gasteiger partial charge in [0.15, 0.2) is 0 Å². The van der Waals surface area contributed by atoms with Crippen LogP contribution in [0.4, 0.5) is 0 Å². The van der Waals surface area contributed by atoms with Crippen molar-refractivity contribution in [2.24, 2.45) is 7.05 Å². The molecule has 1 saturated carbocycles. The smallest absolute Gasteiger partial charge is 0.245 e. The van der Waals surface area contributed by atoms with E-state index in [1.807, 2.05) is 11.6 Å². The third kappa shape index (κ3) is 3.11. The number of benzene rings is 2. The zero-order chi connectivity index (χ0) is 18.9. The van der Waals surface area contributed by atoms with Gasteiger partial charge in [0.1, 0.15) is 5.82 Å². The molecule has 1 fully saturated rings. The van der Waals surface area contributed by atoms with Crippen molar-refractivity contribution in [3.05, 3.63) is 78.6 Å². The van der Waals surface area contributed by atoms with Crippen LogP contribution in [0, 0.1) is 6.33 Å². The largest absolute Gasteiger partial charge is 0.316 e. The molecule has 140 valence electrons. The highest BCUT2D eigenvalue weighted by molar-refractivity contribution is 5.74. The molecule has 1 aliphatic carbocycles. The van der Waals surface area contributed by atoms with Gasteiger partial charge in [-0.2, -0.15) is 0 Å². The van der Waals surface area contributed by atoms with Crippen LogP contribution in [-0.4, -0.2) is 9.55 Å². The lowest BCUT2D eigenvalue weighted by Gasteiger charge is -2.23. The molecule has 0 N–H and O–H groups in total. The van der Waals surface area contributed by atoms with E-state index in [-0.39, 0.29) is 0 Å². The van der Waals surface area contributed by atoms with Crippen LogP contribution in [0.2, 0.25) is 0 Å². The van der Waals surface area contributed by atoms with Gasteiger partial charge in [0.05, 0.1) is 23.8 Å². The van der Waals surface area contributed by atoms with Gasteiger partial charge < -0.3 is 9.13 Å². The normalized spacial score (nSPS) is 15.2. The summed E-state index contributed by atoms with van der Waals surface area (Å²) in [5.74, 6) is 1.59. The Morgan fingerprint density at radius 3 is 2.50 bits per heavy atom. The molecule has 0 radical (unpaired) electrons. The first kappa shape index (κ1) is 17.2. The number of pyridine rings is 1. The summed E-state index contributed by atoms with van der Waals surface area (Å²) in [6, 6.07) is 23.5. The molecule has 0 unspecified atom stereocenters. The molecule has 2 heterocycles. The molecular formula is C25H25N3. The van der Waals surface area contributed by atoms with Gasteiger partial charge >= 0.3 is 0 Å². The van der Waals surface area contributed by atoms with Crippen molar-refractivity contribution in [2.75, 3.05) is 0 Å². The molecule has 0 saturated heterocycles. The molecule has 0 spiro atoms. The molecule has 0 bridgehead atoms. The lowest BCUT2D eigenvalue weighted by atomic mass is 9.84. The maximum absolute atomic E-state index is 5.05. The quantitative estimate of drug-likeness (QED) is 0.353. The Morgan fingerprint density at radius 1 is 0.929 bits per heavy atom. The van der Waals surface area contributed by atoms with Gasteiger partial charge in [-0.25, -0.2) is 0 Å². The highest BCUT2D eigenvalue weighted by atomic mass is 15.2. The summed E-state index contributed by atoms with van der Waals surface area (Å²) in [4.78, 5) is 5.05. The summed E-state index contributed by atoms with van der Waals surface area (Å²) in [5.41, 5.74) is 5.93. The first-order chi connectivity index (χ1) is 13.8. The summed E-state index contributed by atoms with van der Waals surface area (Å²) < 4.78 is 4.15. The second kappa shape index (κ2) is 7.23. The molecule has 2 aromatic carbocycles. The van der Waals surface area contributed by atoms with Crippen molar-refractivity contribution in [2.45, 2.75) is 38.0 Å². The Labute approximate surface area is 166 Å². The number of nitrogens with zero attached hydrogens (tertiary/aromatic N) is 3. The maximum atomic E-state index is 5.05. The van der Waals surface area contributed by atoms with E-state index >= 15 is 0 Å². The molecule has 3 nitrogen and oxygen atoms in total. The first-order valence-electron chi connectivity index (χ1n) is 10.3. The van der Waals surface area contributed by atoms with Gasteiger partial charge in [-0.1, -0.05) is 73.9 Å². The van der Waals surface area contributed by atoms with Gasteiger partial charge in [-0.15, -0.1) is 0 Å². The van der Waals surface area contributed by atoms with Crippen LogP contribution in [-0.2, 0) is 7.05 Å². The minimum atomic E-state index is 0.633. The predicted octanol–water partition coefficient (Wildman–Crippen LogP) is 5.36. The van der Waals surface area contributed by atoms with Crippen molar-refractivity contribution in [1.29, 1.82) is 0 Å². The fraction of sp³-hybridized carbons (Fsp3) is 0.280. The van der Waals surface area contributed by atoms with E-state index in [1.165, 1.54) is 43.2 Å². The van der Waals surface area contributed by atoms with Crippen LogP contribution >= 0.6 is 0 Å². The maximum Gasteiger partial charge on any atom is 0.245 e. The number of fused-ring (bicyclic) bond motifs is 1. The summed E-state index contributed by atoms with van der Waals surface area (Å²) in [6.45, 7) is 0. The standard InChI is InChI=1S/C25H25N3/c1-27-18-28(24-15-9-8-14-23(24)27)25-17-21(19-10-4-2-5-11-19)16-22(26-25)20-12-6-3-7-13-20/h3,6-9,12-17,19H,2,4-5,10-11H2,1H3. The molecule has 0 amide bonds. The van der Waals surface area contributed by atoms with E-state index < -0.39 is 0 Å². The second-order valence-electron chi connectivity index (χ2n) is 7.83. The number of aryl methyl sites for hydroxylation is 1. The van der Waals surface area contributed by atoms with Crippen molar-refractivity contribution < 1.29 is 4.57 Å². The van der Waals surface area contributed by atoms with Gasteiger partial charge in [0, 0.05) is 0 Å². The molecule has 3 heteroatoms. The van der Waals surface area contributed by atoms with Gasteiger partial charge in [-0.05, 0) is 42.0 Å². The molecule has 2 aromatic heterocycles. The highest BCUT2D eigenvalue weighted by Crippen LogP contribution is 2.35. The second-order valence-corrected chi connectivity index (χ2v) is 7.83. The summed E-state index contributed by atoms with van der Waals surface area (Å²) in [5, 5.41) is 0. The fourth-order valence-corrected chi connectivity index (χ4v) is 4.45. The minimum absolute atomic E-state index is 0.633. The number of aromatic nitrogens is 3. The number of rotatable bonds is 3. The first-order valence-corrected chi connectivity index (χ1v) is 10.3. The van der Waals surface area contributed by atoms with E-state index in [0.29, 0.717) is 5.92 Å². The lowest BCUT2D eigenvalue weighted by Crippen LogP contribution is -2.26. The van der Waals surface area contributed by atoms with Crippen LogP contribution in [0.3, 0.4) is 0 Å². The Morgan fingerprint density at radius 2 is 1.68 bits per heavy atom. The highest BCUT2D eigenvalue weighted by Gasteiger charge is 2.18. The van der Waals surface area contributed by atoms with E-state index in [0.717, 1.165) is 22.5 Å². The lowest BCUT2D eigenvalue weighted by molar-refractivity contribution is -0.649. The molecule has 4 aromatic rings. The number of hydrogen-bond donors (Lipinski definition) is 0. The van der Waals surface area contributed by atoms with Crippen molar-refractivity contribution in [3.63, 3.8) is 0 Å². The zero-order valence-corrected chi connectivity index (χ0v) is 16.3. The Kier molecular flexibility index (Phi) is 4.44. The third-order valence-electron chi connectivity index (χ3n) is 5.94. The van der Waals surface area contributed by atoms with Crippen LogP contribution in [0.25, 0.3) is 28.1 Å². The summed E-state index contributed by atoms with van der Waals surface area (Å²) >= 11 is 0. The molecule has 1 aliphatic rings. The zero-order valence-electron chi connectivity index (χ0n) is 16.3. The number of para-hydroxylation sites is 2. The third-order valence-corrected chi connectivity index (χ3v) is 5.94. The fourth-order valence-electron chi connectivity index (χ4n) is 4.45. The van der Waals surface area contributed by atoms with Gasteiger partial charge in [0.2, 0.25) is 6.33 Å². The average Bonchev–Trinajstić information content (AvgIpc) is 3.12. The van der Waals surface area contributed by atoms with Crippen molar-refractivity contribution >= 4 is 11.0 Å². The van der Waals surface area contributed by atoms with Crippen LogP contribution in [0.15, 0.2) is 66.7 Å². The Bertz CT molecular complexity index is 1110. The monoisotopic (exact) mass is 367 g/mol. The predicted molar refractivity (Wildman–Crippen MR) is 112 cm³/mol. The SMILES string of the molecule is C[n+]1[c-]n(-c2cc(C3CCCCC3)cc(-c3ccccc3)n2)c2ccccc21. The molecule has 0 atom stereocenters. The van der Waals surface area contributed by atoms with Gasteiger partial charge in [-0.3, -0.25) is 4.98 Å².